The predicted octanol–water partition coefficient (Wildman–Crippen LogP) is 7.60. The first-order valence-electron chi connectivity index (χ1n) is 9.91. The first-order chi connectivity index (χ1) is 14.3. The maximum absolute atomic E-state index is 3.71. The highest BCUT2D eigenvalue weighted by atomic mass is 32.1. The van der Waals surface area contributed by atoms with Gasteiger partial charge in [-0.1, -0.05) is 36.4 Å². The molecule has 0 saturated heterocycles. The number of hydrogen-bond donors (Lipinski definition) is 2. The van der Waals surface area contributed by atoms with E-state index in [2.05, 4.69) is 84.3 Å². The van der Waals surface area contributed by atoms with E-state index in [4.69, 9.17) is 0 Å². The van der Waals surface area contributed by atoms with Crippen molar-refractivity contribution in [2.45, 2.75) is 6.92 Å². The number of benzene rings is 3. The van der Waals surface area contributed by atoms with Crippen molar-refractivity contribution in [2.75, 3.05) is 23.7 Å². The number of aryl methyl sites for hydroxylation is 1. The Labute approximate surface area is 177 Å². The molecule has 0 amide bonds. The molecule has 4 heteroatoms. The fraction of sp³-hybridized carbons (Fsp3) is 0.120. The lowest BCUT2D eigenvalue weighted by Gasteiger charge is -2.26. The van der Waals surface area contributed by atoms with E-state index in [9.17, 15) is 0 Å². The summed E-state index contributed by atoms with van der Waals surface area (Å²) in [4.78, 5) is 2.66. The molecule has 2 nitrogen and oxygen atoms in total. The summed E-state index contributed by atoms with van der Waals surface area (Å²) in [6, 6.07) is 24.3. The molecule has 0 aliphatic carbocycles. The minimum absolute atomic E-state index is 0.944. The zero-order valence-corrected chi connectivity index (χ0v) is 17.7. The van der Waals surface area contributed by atoms with Crippen LogP contribution in [0.1, 0.15) is 5.56 Å². The van der Waals surface area contributed by atoms with Gasteiger partial charge < -0.3 is 10.6 Å². The Bertz CT molecular complexity index is 1310. The Morgan fingerprint density at radius 3 is 1.97 bits per heavy atom. The Hall–Kier alpha value is -2.82. The average Bonchev–Trinajstić information content (AvgIpc) is 3.37. The largest absolute Gasteiger partial charge is 0.381 e. The summed E-state index contributed by atoms with van der Waals surface area (Å²) in [6.45, 7) is 4.13. The van der Waals surface area contributed by atoms with Gasteiger partial charge in [0, 0.05) is 43.4 Å². The lowest BCUT2D eigenvalue weighted by molar-refractivity contribution is 1.05. The second kappa shape index (κ2) is 6.61. The first kappa shape index (κ1) is 17.1. The third kappa shape index (κ3) is 2.75. The van der Waals surface area contributed by atoms with Crippen LogP contribution in [-0.2, 0) is 0 Å². The smallest absolute Gasteiger partial charge is 0.0673 e. The monoisotopic (exact) mass is 412 g/mol. The lowest BCUT2D eigenvalue weighted by Crippen LogP contribution is -2.22. The molecule has 0 spiro atoms. The maximum Gasteiger partial charge on any atom is 0.0673 e. The van der Waals surface area contributed by atoms with E-state index in [1.807, 2.05) is 22.7 Å². The van der Waals surface area contributed by atoms with E-state index in [0.717, 1.165) is 13.1 Å². The van der Waals surface area contributed by atoms with Crippen LogP contribution in [0.5, 0.6) is 0 Å². The number of hydrogen-bond acceptors (Lipinski definition) is 4. The highest BCUT2D eigenvalue weighted by molar-refractivity contribution is 7.22. The quantitative estimate of drug-likeness (QED) is 0.312. The van der Waals surface area contributed by atoms with Gasteiger partial charge in [-0.15, -0.1) is 22.7 Å². The molecule has 2 N–H and O–H groups in total. The molecule has 0 radical (unpaired) electrons. The van der Waals surface area contributed by atoms with Crippen molar-refractivity contribution >= 4 is 54.2 Å². The molecule has 142 valence electrons. The van der Waals surface area contributed by atoms with Gasteiger partial charge in [-0.25, -0.2) is 0 Å². The number of thiophene rings is 2. The Kier molecular flexibility index (Phi) is 3.89. The summed E-state index contributed by atoms with van der Waals surface area (Å²) < 4.78 is 2.68. The van der Waals surface area contributed by atoms with Crippen LogP contribution >= 0.6 is 22.7 Å². The molecule has 29 heavy (non-hydrogen) atoms. The third-order valence-corrected chi connectivity index (χ3v) is 7.90. The zero-order chi connectivity index (χ0) is 19.4. The fourth-order valence-corrected chi connectivity index (χ4v) is 6.55. The average molecular weight is 413 g/mol. The number of rotatable bonds is 2. The van der Waals surface area contributed by atoms with Gasteiger partial charge in [-0.3, -0.25) is 0 Å². The van der Waals surface area contributed by atoms with Crippen LogP contribution in [0.15, 0.2) is 66.7 Å². The Morgan fingerprint density at radius 1 is 0.690 bits per heavy atom. The van der Waals surface area contributed by atoms with Gasteiger partial charge in [0.25, 0.3) is 0 Å². The molecule has 0 bridgehead atoms. The number of nitrogens with one attached hydrogen (secondary N) is 2. The van der Waals surface area contributed by atoms with Crippen molar-refractivity contribution in [3.8, 4) is 20.9 Å². The highest BCUT2D eigenvalue weighted by Crippen LogP contribution is 2.49. The summed E-state index contributed by atoms with van der Waals surface area (Å²) in [5.41, 5.74) is 6.43. The molecule has 0 atom stereocenters. The van der Waals surface area contributed by atoms with Gasteiger partial charge in [-0.2, -0.15) is 0 Å². The summed E-state index contributed by atoms with van der Waals surface area (Å²) in [7, 11) is 0. The van der Waals surface area contributed by atoms with Crippen molar-refractivity contribution in [1.82, 2.24) is 0 Å². The molecule has 3 aromatic carbocycles. The highest BCUT2D eigenvalue weighted by Gasteiger charge is 2.22. The molecule has 2 aromatic heterocycles. The maximum atomic E-state index is 3.71. The van der Waals surface area contributed by atoms with Gasteiger partial charge in [0.15, 0.2) is 0 Å². The van der Waals surface area contributed by atoms with Gasteiger partial charge in [0.05, 0.1) is 11.4 Å². The minimum Gasteiger partial charge on any atom is -0.381 e. The molecule has 0 saturated carbocycles. The van der Waals surface area contributed by atoms with E-state index in [1.54, 1.807) is 0 Å². The van der Waals surface area contributed by atoms with Gasteiger partial charge >= 0.3 is 0 Å². The van der Waals surface area contributed by atoms with Crippen molar-refractivity contribution in [3.63, 3.8) is 0 Å². The number of anilines is 2. The molecule has 0 unspecified atom stereocenters. The summed E-state index contributed by atoms with van der Waals surface area (Å²) in [5.74, 6) is 0. The van der Waals surface area contributed by atoms with E-state index in [-0.39, 0.29) is 0 Å². The van der Waals surface area contributed by atoms with Crippen molar-refractivity contribution in [1.29, 1.82) is 0 Å². The molecule has 1 aliphatic rings. The molecular weight excluding hydrogens is 392 g/mol. The first-order valence-corrected chi connectivity index (χ1v) is 11.5. The van der Waals surface area contributed by atoms with Crippen LogP contribution in [0.2, 0.25) is 0 Å². The van der Waals surface area contributed by atoms with Crippen molar-refractivity contribution in [2.24, 2.45) is 0 Å². The summed E-state index contributed by atoms with van der Waals surface area (Å²) in [5, 5.41) is 10.0. The topological polar surface area (TPSA) is 24.1 Å². The molecule has 1 aliphatic heterocycles. The van der Waals surface area contributed by atoms with Crippen LogP contribution in [0.25, 0.3) is 41.1 Å². The molecule has 0 fully saturated rings. The zero-order valence-electron chi connectivity index (χ0n) is 16.1. The van der Waals surface area contributed by atoms with Gasteiger partial charge in [-0.05, 0) is 53.6 Å². The van der Waals surface area contributed by atoms with Crippen molar-refractivity contribution < 1.29 is 0 Å². The van der Waals surface area contributed by atoms with Crippen LogP contribution in [0, 0.1) is 6.92 Å². The van der Waals surface area contributed by atoms with Gasteiger partial charge in [0.2, 0.25) is 0 Å². The van der Waals surface area contributed by atoms with E-state index < -0.39 is 0 Å². The predicted molar refractivity (Wildman–Crippen MR) is 130 cm³/mol. The minimum atomic E-state index is 0.944. The standard InChI is InChI=1S/C25H20N2S2/c1-15-12-18(21-13-16-6-2-4-8-19(16)28-21)24-25(27-11-10-26-24)23(15)22-14-17-7-3-5-9-20(17)29-22/h2-9,12-14,26-27H,10-11H2,1H3. The third-order valence-electron chi connectivity index (χ3n) is 5.62. The van der Waals surface area contributed by atoms with Crippen molar-refractivity contribution in [3.05, 3.63) is 72.3 Å². The Morgan fingerprint density at radius 2 is 1.28 bits per heavy atom. The SMILES string of the molecule is Cc1cc(-c2cc3ccccc3s2)c2c(c1-c1cc3ccccc3s1)NCCN2. The van der Waals surface area contributed by atoms with Crippen LogP contribution < -0.4 is 10.6 Å². The second-order valence-electron chi connectivity index (χ2n) is 7.52. The Balaban J connectivity index is 1.59. The lowest BCUT2D eigenvalue weighted by atomic mass is 9.96. The van der Waals surface area contributed by atoms with E-state index >= 15 is 0 Å². The van der Waals surface area contributed by atoms with Crippen LogP contribution in [-0.4, -0.2) is 13.1 Å². The van der Waals surface area contributed by atoms with E-state index in [1.165, 1.54) is 58.0 Å². The molecule has 6 rings (SSSR count). The van der Waals surface area contributed by atoms with Gasteiger partial charge in [0.1, 0.15) is 0 Å². The second-order valence-corrected chi connectivity index (χ2v) is 9.68. The summed E-state index contributed by atoms with van der Waals surface area (Å²) >= 11 is 3.75. The van der Waals surface area contributed by atoms with E-state index in [0.29, 0.717) is 0 Å². The summed E-state index contributed by atoms with van der Waals surface area (Å²) in [6.07, 6.45) is 0. The normalized spacial score (nSPS) is 13.3. The molecular formula is C25H20N2S2. The fourth-order valence-electron chi connectivity index (χ4n) is 4.28. The van der Waals surface area contributed by atoms with Crippen LogP contribution in [0.3, 0.4) is 0 Å². The molecule has 3 heterocycles. The number of fused-ring (bicyclic) bond motifs is 3. The van der Waals surface area contributed by atoms with Crippen LogP contribution in [0.4, 0.5) is 11.4 Å². The molecule has 5 aromatic rings.